The van der Waals surface area contributed by atoms with Crippen LogP contribution in [0.2, 0.25) is 5.02 Å². The predicted octanol–water partition coefficient (Wildman–Crippen LogP) is 4.09. The zero-order chi connectivity index (χ0) is 27.3. The third-order valence-corrected chi connectivity index (χ3v) is 7.94. The van der Waals surface area contributed by atoms with Crippen LogP contribution in [0.1, 0.15) is 63.0 Å². The first-order chi connectivity index (χ1) is 18.4. The summed E-state index contributed by atoms with van der Waals surface area (Å²) in [6.45, 7) is 2.24. The molecule has 38 heavy (non-hydrogen) atoms. The minimum Gasteiger partial charge on any atom is -0.453 e. The Labute approximate surface area is 232 Å². The van der Waals surface area contributed by atoms with Gasteiger partial charge in [-0.1, -0.05) is 55.8 Å². The predicted molar refractivity (Wildman–Crippen MR) is 148 cm³/mol. The smallest absolute Gasteiger partial charge is 0.406 e. The summed E-state index contributed by atoms with van der Waals surface area (Å²) in [5.74, 6) is 0.596. The molecule has 4 N–H and O–H groups in total. The quantitative estimate of drug-likeness (QED) is 0.291. The highest BCUT2D eigenvalue weighted by molar-refractivity contribution is 6.30. The van der Waals surface area contributed by atoms with E-state index >= 15 is 0 Å². The van der Waals surface area contributed by atoms with Crippen molar-refractivity contribution < 1.29 is 24.2 Å². The minimum absolute atomic E-state index is 0.0603. The van der Waals surface area contributed by atoms with Gasteiger partial charge in [-0.15, -0.1) is 0 Å². The van der Waals surface area contributed by atoms with Gasteiger partial charge in [-0.2, -0.15) is 0 Å². The molecule has 3 rings (SSSR count). The van der Waals surface area contributed by atoms with Gasteiger partial charge in [-0.25, -0.2) is 9.59 Å². The van der Waals surface area contributed by atoms with Gasteiger partial charge in [0.2, 0.25) is 0 Å². The van der Waals surface area contributed by atoms with E-state index in [0.29, 0.717) is 43.7 Å². The van der Waals surface area contributed by atoms with Crippen LogP contribution in [0.5, 0.6) is 0 Å². The summed E-state index contributed by atoms with van der Waals surface area (Å²) in [7, 11) is 3.14. The van der Waals surface area contributed by atoms with Gasteiger partial charge in [0.1, 0.15) is 0 Å². The van der Waals surface area contributed by atoms with Crippen molar-refractivity contribution >= 4 is 23.7 Å². The van der Waals surface area contributed by atoms with Gasteiger partial charge in [0, 0.05) is 37.1 Å². The number of likely N-dealkylation sites (N-methyl/N-ethyl adjacent to an activating group) is 1. The van der Waals surface area contributed by atoms with Crippen molar-refractivity contribution in [2.24, 2.45) is 11.8 Å². The highest BCUT2D eigenvalue weighted by atomic mass is 35.5. The molecule has 10 heteroatoms. The number of carbonyl (C=O) groups excluding carboxylic acids is 2. The normalized spacial score (nSPS) is 20.8. The molecule has 1 aromatic rings. The SMILES string of the molecule is CNC[C@@H](O)[C@@H](CC1CCCCC1)NC(=O)N1CCC[C@@H](C(OCCNC(=O)OC)c2cccc(Cl)c2)C1. The van der Waals surface area contributed by atoms with Crippen LogP contribution in [0.4, 0.5) is 9.59 Å². The molecule has 2 fully saturated rings. The van der Waals surface area contributed by atoms with E-state index in [0.717, 1.165) is 37.7 Å². The van der Waals surface area contributed by atoms with E-state index in [1.54, 1.807) is 0 Å². The Morgan fingerprint density at radius 1 is 1.18 bits per heavy atom. The molecule has 0 radical (unpaired) electrons. The summed E-state index contributed by atoms with van der Waals surface area (Å²) in [6.07, 6.45) is 7.17. The van der Waals surface area contributed by atoms with Crippen molar-refractivity contribution in [3.63, 3.8) is 0 Å². The Hall–Kier alpha value is -2.07. The first-order valence-corrected chi connectivity index (χ1v) is 14.4. The highest BCUT2D eigenvalue weighted by Gasteiger charge is 2.33. The number of amides is 3. The van der Waals surface area contributed by atoms with Crippen molar-refractivity contribution in [2.45, 2.75) is 69.6 Å². The number of halogens is 1. The molecule has 3 amide bonds. The number of methoxy groups -OCH3 is 1. The minimum atomic E-state index is -0.642. The lowest BCUT2D eigenvalue weighted by atomic mass is 9.83. The summed E-state index contributed by atoms with van der Waals surface area (Å²) in [5.41, 5.74) is 0.947. The first kappa shape index (κ1) is 30.5. The average Bonchev–Trinajstić information content (AvgIpc) is 2.93. The van der Waals surface area contributed by atoms with Crippen LogP contribution in [0.3, 0.4) is 0 Å². The van der Waals surface area contributed by atoms with Gasteiger partial charge in [-0.05, 0) is 49.9 Å². The van der Waals surface area contributed by atoms with E-state index in [2.05, 4.69) is 20.7 Å². The van der Waals surface area contributed by atoms with Crippen LogP contribution < -0.4 is 16.0 Å². The number of likely N-dealkylation sites (tertiary alicyclic amines) is 1. The van der Waals surface area contributed by atoms with Crippen molar-refractivity contribution in [3.8, 4) is 0 Å². The maximum absolute atomic E-state index is 13.4. The van der Waals surface area contributed by atoms with Gasteiger partial charge >= 0.3 is 12.1 Å². The number of hydrogen-bond donors (Lipinski definition) is 4. The fourth-order valence-electron chi connectivity index (χ4n) is 5.74. The number of benzene rings is 1. The lowest BCUT2D eigenvalue weighted by Crippen LogP contribution is -2.54. The molecule has 2 aliphatic rings. The molecule has 4 atom stereocenters. The lowest BCUT2D eigenvalue weighted by Gasteiger charge is -2.38. The van der Waals surface area contributed by atoms with Crippen LogP contribution in [-0.4, -0.2) is 81.2 Å². The van der Waals surface area contributed by atoms with Crippen LogP contribution in [0.15, 0.2) is 24.3 Å². The number of nitrogens with one attached hydrogen (secondary N) is 3. The summed E-state index contributed by atoms with van der Waals surface area (Å²) in [4.78, 5) is 26.7. The number of piperidine rings is 1. The number of urea groups is 1. The largest absolute Gasteiger partial charge is 0.453 e. The maximum Gasteiger partial charge on any atom is 0.406 e. The van der Waals surface area contributed by atoms with Crippen molar-refractivity contribution in [3.05, 3.63) is 34.9 Å². The second-order valence-electron chi connectivity index (χ2n) is 10.5. The van der Waals surface area contributed by atoms with Gasteiger partial charge in [0.15, 0.2) is 0 Å². The Morgan fingerprint density at radius 3 is 2.68 bits per heavy atom. The number of aliphatic hydroxyl groups excluding tert-OH is 1. The number of hydrogen-bond acceptors (Lipinski definition) is 6. The third-order valence-electron chi connectivity index (χ3n) is 7.70. The van der Waals surface area contributed by atoms with Crippen molar-refractivity contribution in [1.29, 1.82) is 0 Å². The number of rotatable bonds is 12. The molecule has 1 saturated carbocycles. The first-order valence-electron chi connectivity index (χ1n) is 14.0. The molecule has 0 bridgehead atoms. The summed E-state index contributed by atoms with van der Waals surface area (Å²) in [6, 6.07) is 7.17. The van der Waals surface area contributed by atoms with Gasteiger partial charge in [0.05, 0.1) is 32.0 Å². The number of aliphatic hydroxyl groups is 1. The van der Waals surface area contributed by atoms with E-state index in [1.807, 2.05) is 36.2 Å². The van der Waals surface area contributed by atoms with Gasteiger partial charge in [-0.3, -0.25) is 0 Å². The Bertz CT molecular complexity index is 869. The standard InChI is InChI=1S/C28H45ClN4O5/c1-30-18-25(34)24(16-20-8-4-3-5-9-20)32-27(35)33-14-7-11-22(19-33)26(21-10-6-12-23(29)17-21)38-15-13-31-28(36)37-2/h6,10,12,17,20,22,24-26,30,34H,3-5,7-9,11,13-16,18-19H2,1-2H3,(H,31,36)(H,32,35)/t22-,24-,25-,26?/m1/s1. The monoisotopic (exact) mass is 552 g/mol. The molecule has 1 unspecified atom stereocenters. The molecular formula is C28H45ClN4O5. The summed E-state index contributed by atoms with van der Waals surface area (Å²) < 4.78 is 10.9. The van der Waals surface area contributed by atoms with Crippen LogP contribution in [-0.2, 0) is 9.47 Å². The average molecular weight is 553 g/mol. The second kappa shape index (κ2) is 16.1. The second-order valence-corrected chi connectivity index (χ2v) is 11.0. The zero-order valence-corrected chi connectivity index (χ0v) is 23.5. The van der Waals surface area contributed by atoms with Crippen molar-refractivity contribution in [2.75, 3.05) is 46.9 Å². The van der Waals surface area contributed by atoms with E-state index < -0.39 is 12.2 Å². The molecule has 1 aliphatic carbocycles. The molecule has 214 valence electrons. The Balaban J connectivity index is 1.66. The van der Waals surface area contributed by atoms with Gasteiger partial charge in [0.25, 0.3) is 0 Å². The maximum atomic E-state index is 13.4. The van der Waals surface area contributed by atoms with Crippen LogP contribution >= 0.6 is 11.6 Å². The van der Waals surface area contributed by atoms with E-state index in [1.165, 1.54) is 26.4 Å². The molecule has 1 aliphatic heterocycles. The number of alkyl carbamates (subject to hydrolysis) is 1. The van der Waals surface area contributed by atoms with E-state index in [-0.39, 0.29) is 24.1 Å². The zero-order valence-electron chi connectivity index (χ0n) is 22.8. The molecule has 0 spiro atoms. The molecule has 1 aromatic carbocycles. The number of nitrogens with zero attached hydrogens (tertiary/aromatic N) is 1. The fraction of sp³-hybridized carbons (Fsp3) is 0.714. The summed E-state index contributed by atoms with van der Waals surface area (Å²) in [5, 5.41) is 20.3. The molecular weight excluding hydrogens is 508 g/mol. The molecule has 1 saturated heterocycles. The molecule has 9 nitrogen and oxygen atoms in total. The summed E-state index contributed by atoms with van der Waals surface area (Å²) >= 11 is 6.29. The Morgan fingerprint density at radius 2 is 1.97 bits per heavy atom. The highest BCUT2D eigenvalue weighted by Crippen LogP contribution is 2.34. The lowest BCUT2D eigenvalue weighted by molar-refractivity contribution is -0.00905. The van der Waals surface area contributed by atoms with E-state index in [9.17, 15) is 14.7 Å². The van der Waals surface area contributed by atoms with Crippen molar-refractivity contribution in [1.82, 2.24) is 20.9 Å². The van der Waals surface area contributed by atoms with Crippen LogP contribution in [0, 0.1) is 11.8 Å². The Kier molecular flexibility index (Phi) is 12.9. The van der Waals surface area contributed by atoms with Gasteiger partial charge < -0.3 is 35.4 Å². The third kappa shape index (κ3) is 9.59. The fourth-order valence-corrected chi connectivity index (χ4v) is 5.93. The van der Waals surface area contributed by atoms with E-state index in [4.69, 9.17) is 16.3 Å². The molecule has 1 heterocycles. The number of carbonyl (C=O) groups is 2. The topological polar surface area (TPSA) is 112 Å². The number of ether oxygens (including phenoxy) is 2. The van der Waals surface area contributed by atoms with Crippen LogP contribution in [0.25, 0.3) is 0 Å². The molecule has 0 aromatic heterocycles.